The number of hydrogen-bond donors (Lipinski definition) is 2. The van der Waals surface area contributed by atoms with Crippen LogP contribution in [0.3, 0.4) is 0 Å². The Balaban J connectivity index is 1.37. The molecule has 0 saturated heterocycles. The van der Waals surface area contributed by atoms with Crippen molar-refractivity contribution >= 4 is 40.2 Å². The van der Waals surface area contributed by atoms with Gasteiger partial charge in [0.05, 0.1) is 6.04 Å². The smallest absolute Gasteiger partial charge is 0.271 e. The third kappa shape index (κ3) is 4.26. The first kappa shape index (κ1) is 17.9. The molecule has 0 spiro atoms. The number of thiophene rings is 1. The number of amides is 2. The summed E-state index contributed by atoms with van der Waals surface area (Å²) < 4.78 is 0. The molecule has 0 bridgehead atoms. The zero-order chi connectivity index (χ0) is 18.8. The summed E-state index contributed by atoms with van der Waals surface area (Å²) >= 11 is 3.08. The first-order chi connectivity index (χ1) is 13.1. The summed E-state index contributed by atoms with van der Waals surface area (Å²) in [6, 6.07) is 9.43. The van der Waals surface area contributed by atoms with Gasteiger partial charge >= 0.3 is 0 Å². The van der Waals surface area contributed by atoms with Gasteiger partial charge in [-0.05, 0) is 48.9 Å². The number of carbonyl (C=O) groups excluding carboxylic acids is 2. The second kappa shape index (κ2) is 7.62. The topological polar surface area (TPSA) is 71.1 Å². The first-order valence-corrected chi connectivity index (χ1v) is 10.6. The monoisotopic (exact) mass is 397 g/mol. The molecule has 138 valence electrons. The van der Waals surface area contributed by atoms with Crippen molar-refractivity contribution in [2.45, 2.75) is 25.8 Å². The second-order valence-corrected chi connectivity index (χ2v) is 8.27. The van der Waals surface area contributed by atoms with E-state index in [-0.39, 0.29) is 23.8 Å². The van der Waals surface area contributed by atoms with Gasteiger partial charge in [-0.1, -0.05) is 12.1 Å². The Labute approximate surface area is 165 Å². The maximum Gasteiger partial charge on any atom is 0.271 e. The molecular weight excluding hydrogens is 378 g/mol. The molecule has 3 aromatic rings. The molecule has 1 aliphatic carbocycles. The summed E-state index contributed by atoms with van der Waals surface area (Å²) in [4.78, 5) is 28.7. The summed E-state index contributed by atoms with van der Waals surface area (Å²) in [7, 11) is 0. The van der Waals surface area contributed by atoms with Crippen molar-refractivity contribution in [3.8, 4) is 10.6 Å². The lowest BCUT2D eigenvalue weighted by molar-refractivity contribution is -0.117. The van der Waals surface area contributed by atoms with Gasteiger partial charge in [0.2, 0.25) is 5.91 Å². The minimum Gasteiger partial charge on any atom is -0.344 e. The Bertz CT molecular complexity index is 944. The van der Waals surface area contributed by atoms with E-state index in [2.05, 4.69) is 15.6 Å². The SMILES string of the molecule is CC(NC(=O)c1csc(-c2ccsc2)n1)c1ccc(NC(=O)C2CC2)cc1. The van der Waals surface area contributed by atoms with Crippen LogP contribution in [0.1, 0.15) is 41.9 Å². The standard InChI is InChI=1S/C20H19N3O2S2/c1-12(13-4-6-16(7-5-13)22-18(24)14-2-3-14)21-19(25)17-11-27-20(23-17)15-8-9-26-10-15/h4-12,14H,2-3H2,1H3,(H,21,25)(H,22,24). The molecule has 1 aromatic carbocycles. The van der Waals surface area contributed by atoms with Crippen LogP contribution >= 0.6 is 22.7 Å². The molecule has 2 amide bonds. The zero-order valence-corrected chi connectivity index (χ0v) is 16.4. The Hall–Kier alpha value is -2.51. The second-order valence-electron chi connectivity index (χ2n) is 6.63. The van der Waals surface area contributed by atoms with Crippen molar-refractivity contribution in [3.63, 3.8) is 0 Å². The van der Waals surface area contributed by atoms with Crippen LogP contribution < -0.4 is 10.6 Å². The van der Waals surface area contributed by atoms with Crippen LogP contribution in [0.2, 0.25) is 0 Å². The van der Waals surface area contributed by atoms with Crippen LogP contribution in [-0.4, -0.2) is 16.8 Å². The first-order valence-electron chi connectivity index (χ1n) is 8.80. The van der Waals surface area contributed by atoms with Gasteiger partial charge in [0.15, 0.2) is 0 Å². The highest BCUT2D eigenvalue weighted by Gasteiger charge is 2.29. The molecule has 4 rings (SSSR count). The van der Waals surface area contributed by atoms with E-state index in [1.165, 1.54) is 11.3 Å². The summed E-state index contributed by atoms with van der Waals surface area (Å²) in [5.41, 5.74) is 3.23. The normalized spacial score (nSPS) is 14.6. The lowest BCUT2D eigenvalue weighted by Crippen LogP contribution is -2.26. The van der Waals surface area contributed by atoms with Gasteiger partial charge in [-0.2, -0.15) is 11.3 Å². The van der Waals surface area contributed by atoms with E-state index < -0.39 is 0 Å². The van der Waals surface area contributed by atoms with Gasteiger partial charge < -0.3 is 10.6 Å². The number of nitrogens with zero attached hydrogens (tertiary/aromatic N) is 1. The highest BCUT2D eigenvalue weighted by atomic mass is 32.1. The van der Waals surface area contributed by atoms with E-state index in [0.717, 1.165) is 34.7 Å². The van der Waals surface area contributed by atoms with Gasteiger partial charge in [-0.3, -0.25) is 9.59 Å². The Morgan fingerprint density at radius 3 is 2.59 bits per heavy atom. The van der Waals surface area contributed by atoms with Crippen LogP contribution in [0.4, 0.5) is 5.69 Å². The molecule has 27 heavy (non-hydrogen) atoms. The maximum atomic E-state index is 12.5. The molecule has 0 radical (unpaired) electrons. The van der Waals surface area contributed by atoms with Gasteiger partial charge in [0.1, 0.15) is 10.7 Å². The van der Waals surface area contributed by atoms with E-state index in [0.29, 0.717) is 5.69 Å². The average Bonchev–Trinajstić information content (AvgIpc) is 3.17. The highest BCUT2D eigenvalue weighted by molar-refractivity contribution is 7.14. The lowest BCUT2D eigenvalue weighted by Gasteiger charge is -2.14. The van der Waals surface area contributed by atoms with Crippen LogP contribution in [0.15, 0.2) is 46.5 Å². The summed E-state index contributed by atoms with van der Waals surface area (Å²) in [6.07, 6.45) is 1.97. The average molecular weight is 398 g/mol. The molecule has 2 N–H and O–H groups in total. The molecule has 1 atom stereocenters. The van der Waals surface area contributed by atoms with Crippen LogP contribution in [0.5, 0.6) is 0 Å². The number of thiazole rings is 1. The maximum absolute atomic E-state index is 12.5. The number of carbonyl (C=O) groups is 2. The lowest BCUT2D eigenvalue weighted by atomic mass is 10.1. The van der Waals surface area contributed by atoms with Crippen LogP contribution in [-0.2, 0) is 4.79 Å². The molecule has 5 nitrogen and oxygen atoms in total. The van der Waals surface area contributed by atoms with E-state index in [4.69, 9.17) is 0 Å². The van der Waals surface area contributed by atoms with Gasteiger partial charge in [-0.15, -0.1) is 11.3 Å². The molecule has 1 fully saturated rings. The molecule has 1 unspecified atom stereocenters. The summed E-state index contributed by atoms with van der Waals surface area (Å²) in [6.45, 7) is 1.93. The molecule has 0 aliphatic heterocycles. The Morgan fingerprint density at radius 2 is 1.93 bits per heavy atom. The Kier molecular flexibility index (Phi) is 5.05. The predicted octanol–water partition coefficient (Wildman–Crippen LogP) is 4.71. The summed E-state index contributed by atoms with van der Waals surface area (Å²) in [5, 5.41) is 12.5. The van der Waals surface area contributed by atoms with Gasteiger partial charge in [0.25, 0.3) is 5.91 Å². The Morgan fingerprint density at radius 1 is 1.15 bits per heavy atom. The molecule has 1 saturated carbocycles. The fourth-order valence-electron chi connectivity index (χ4n) is 2.70. The zero-order valence-electron chi connectivity index (χ0n) is 14.8. The van der Waals surface area contributed by atoms with Crippen LogP contribution in [0.25, 0.3) is 10.6 Å². The van der Waals surface area contributed by atoms with E-state index in [9.17, 15) is 9.59 Å². The van der Waals surface area contributed by atoms with Crippen molar-refractivity contribution in [1.29, 1.82) is 0 Å². The van der Waals surface area contributed by atoms with Crippen molar-refractivity contribution < 1.29 is 9.59 Å². The third-order valence-corrected chi connectivity index (χ3v) is 6.05. The van der Waals surface area contributed by atoms with Gasteiger partial charge in [-0.25, -0.2) is 4.98 Å². The quantitative estimate of drug-likeness (QED) is 0.633. The molecule has 2 heterocycles. The molecule has 1 aliphatic rings. The number of hydrogen-bond acceptors (Lipinski definition) is 5. The van der Waals surface area contributed by atoms with E-state index >= 15 is 0 Å². The van der Waals surface area contributed by atoms with E-state index in [1.807, 2.05) is 48.0 Å². The molecular formula is C20H19N3O2S2. The van der Waals surface area contributed by atoms with Gasteiger partial charge in [0, 0.05) is 27.9 Å². The number of anilines is 1. The number of benzene rings is 1. The van der Waals surface area contributed by atoms with E-state index in [1.54, 1.807) is 16.7 Å². The number of nitrogens with one attached hydrogen (secondary N) is 2. The van der Waals surface area contributed by atoms with Crippen molar-refractivity contribution in [2.75, 3.05) is 5.32 Å². The minimum absolute atomic E-state index is 0.0917. The number of rotatable bonds is 6. The predicted molar refractivity (Wildman–Crippen MR) is 109 cm³/mol. The van der Waals surface area contributed by atoms with Crippen molar-refractivity contribution in [2.24, 2.45) is 5.92 Å². The van der Waals surface area contributed by atoms with Crippen molar-refractivity contribution in [3.05, 3.63) is 57.7 Å². The minimum atomic E-state index is -0.189. The number of aromatic nitrogens is 1. The molecule has 7 heteroatoms. The van der Waals surface area contributed by atoms with Crippen LogP contribution in [0, 0.1) is 5.92 Å². The highest BCUT2D eigenvalue weighted by Crippen LogP contribution is 2.30. The van der Waals surface area contributed by atoms with Crippen molar-refractivity contribution in [1.82, 2.24) is 10.3 Å². The summed E-state index contributed by atoms with van der Waals surface area (Å²) in [5.74, 6) is 0.0837. The largest absolute Gasteiger partial charge is 0.344 e. The molecule has 2 aromatic heterocycles. The fourth-order valence-corrected chi connectivity index (χ4v) is 4.21. The third-order valence-electron chi connectivity index (χ3n) is 4.48. The fraction of sp³-hybridized carbons (Fsp3) is 0.250.